The third-order valence-electron chi connectivity index (χ3n) is 9.11. The lowest BCUT2D eigenvalue weighted by atomic mass is 9.82. The molecular formula is C38H27N3. The van der Waals surface area contributed by atoms with Gasteiger partial charge in [-0.05, 0) is 81.6 Å². The maximum atomic E-state index is 5.24. The Morgan fingerprint density at radius 1 is 0.537 bits per heavy atom. The van der Waals surface area contributed by atoms with Crippen molar-refractivity contribution in [2.24, 2.45) is 0 Å². The molecule has 0 saturated heterocycles. The highest BCUT2D eigenvalue weighted by Gasteiger charge is 2.35. The van der Waals surface area contributed by atoms with Gasteiger partial charge in [-0.1, -0.05) is 92.7 Å². The van der Waals surface area contributed by atoms with Crippen LogP contribution in [0.5, 0.6) is 0 Å². The molecule has 0 bridgehead atoms. The number of hydrogen-bond acceptors (Lipinski definition) is 1. The number of rotatable bonds is 2. The van der Waals surface area contributed by atoms with Crippen molar-refractivity contribution >= 4 is 43.6 Å². The van der Waals surface area contributed by atoms with E-state index in [0.29, 0.717) is 0 Å². The molecule has 0 aliphatic heterocycles. The molecule has 0 amide bonds. The third-order valence-corrected chi connectivity index (χ3v) is 9.11. The number of nitrogens with zero attached hydrogens (tertiary/aromatic N) is 3. The Hall–Kier alpha value is -5.15. The summed E-state index contributed by atoms with van der Waals surface area (Å²) < 4.78 is 4.63. The highest BCUT2D eigenvalue weighted by Crippen LogP contribution is 2.51. The number of aromatic nitrogens is 3. The molecule has 1 aliphatic rings. The number of imidazole rings is 1. The van der Waals surface area contributed by atoms with Crippen LogP contribution >= 0.6 is 0 Å². The van der Waals surface area contributed by atoms with Gasteiger partial charge in [-0.3, -0.25) is 9.13 Å². The SMILES string of the molecule is CC1(C)c2ccccc2-c2cc3c(ccc4c3c3ccccc3n4-c3nc4ccccc4n3-c3ccccc3)cc21. The van der Waals surface area contributed by atoms with Crippen molar-refractivity contribution in [1.29, 1.82) is 0 Å². The van der Waals surface area contributed by atoms with E-state index in [1.807, 2.05) is 0 Å². The predicted molar refractivity (Wildman–Crippen MR) is 170 cm³/mol. The van der Waals surface area contributed by atoms with Crippen molar-refractivity contribution in [3.63, 3.8) is 0 Å². The first-order valence-corrected chi connectivity index (χ1v) is 14.2. The summed E-state index contributed by atoms with van der Waals surface area (Å²) in [6.07, 6.45) is 0. The zero-order valence-electron chi connectivity index (χ0n) is 23.0. The minimum Gasteiger partial charge on any atom is -0.279 e. The average Bonchev–Trinajstić information content (AvgIpc) is 3.63. The summed E-state index contributed by atoms with van der Waals surface area (Å²) in [7, 11) is 0. The number of fused-ring (bicyclic) bond motifs is 9. The Morgan fingerprint density at radius 3 is 2.15 bits per heavy atom. The van der Waals surface area contributed by atoms with Crippen LogP contribution in [0.3, 0.4) is 0 Å². The molecule has 6 aromatic carbocycles. The normalized spacial score (nSPS) is 13.8. The molecule has 8 aromatic rings. The largest absolute Gasteiger partial charge is 0.279 e. The van der Waals surface area contributed by atoms with E-state index in [-0.39, 0.29) is 5.41 Å². The van der Waals surface area contributed by atoms with Crippen molar-refractivity contribution in [2.75, 3.05) is 0 Å². The lowest BCUT2D eigenvalue weighted by Crippen LogP contribution is -2.14. The fraction of sp³-hybridized carbons (Fsp3) is 0.0789. The fourth-order valence-corrected chi connectivity index (χ4v) is 7.20. The average molecular weight is 526 g/mol. The highest BCUT2D eigenvalue weighted by molar-refractivity contribution is 6.22. The van der Waals surface area contributed by atoms with Crippen molar-refractivity contribution in [1.82, 2.24) is 14.1 Å². The maximum absolute atomic E-state index is 5.24. The summed E-state index contributed by atoms with van der Waals surface area (Å²) in [5.41, 5.74) is 11.0. The summed E-state index contributed by atoms with van der Waals surface area (Å²) in [4.78, 5) is 5.24. The Morgan fingerprint density at radius 2 is 1.27 bits per heavy atom. The molecule has 2 aromatic heterocycles. The number of para-hydroxylation sites is 4. The fourth-order valence-electron chi connectivity index (χ4n) is 7.20. The summed E-state index contributed by atoms with van der Waals surface area (Å²) >= 11 is 0. The molecule has 0 unspecified atom stereocenters. The van der Waals surface area contributed by atoms with Gasteiger partial charge in [0.25, 0.3) is 0 Å². The minimum absolute atomic E-state index is 0.0242. The van der Waals surface area contributed by atoms with E-state index >= 15 is 0 Å². The molecule has 0 atom stereocenters. The molecule has 0 N–H and O–H groups in total. The van der Waals surface area contributed by atoms with E-state index in [1.165, 1.54) is 43.8 Å². The van der Waals surface area contributed by atoms with Gasteiger partial charge >= 0.3 is 0 Å². The summed E-state index contributed by atoms with van der Waals surface area (Å²) in [5.74, 6) is 0.899. The lowest BCUT2D eigenvalue weighted by Gasteiger charge is -2.21. The van der Waals surface area contributed by atoms with E-state index in [1.54, 1.807) is 0 Å². The standard InChI is InChI=1S/C38H27N3/c1-38(2)30-16-8-6-14-26(30)29-23-28-24(22-31(29)38)20-21-35-36(28)27-15-7-10-18-33(27)41(35)37-39-32-17-9-11-19-34(32)40(37)25-12-4-3-5-13-25/h3-23H,1-2H3. The van der Waals surface area contributed by atoms with Crippen molar-refractivity contribution < 1.29 is 0 Å². The van der Waals surface area contributed by atoms with Gasteiger partial charge in [0, 0.05) is 21.9 Å². The van der Waals surface area contributed by atoms with Gasteiger partial charge in [0.2, 0.25) is 5.95 Å². The first-order valence-electron chi connectivity index (χ1n) is 14.2. The van der Waals surface area contributed by atoms with Crippen LogP contribution in [-0.4, -0.2) is 14.1 Å². The zero-order chi connectivity index (χ0) is 27.3. The van der Waals surface area contributed by atoms with Crippen LogP contribution in [-0.2, 0) is 5.41 Å². The van der Waals surface area contributed by atoms with Gasteiger partial charge in [-0.15, -0.1) is 0 Å². The van der Waals surface area contributed by atoms with Crippen molar-refractivity contribution in [3.8, 4) is 22.8 Å². The molecule has 3 nitrogen and oxygen atoms in total. The van der Waals surface area contributed by atoms with Gasteiger partial charge in [-0.25, -0.2) is 4.98 Å². The summed E-state index contributed by atoms with van der Waals surface area (Å²) in [6.45, 7) is 4.70. The summed E-state index contributed by atoms with van der Waals surface area (Å²) in [5, 5.41) is 5.07. The van der Waals surface area contributed by atoms with Crippen LogP contribution in [0.4, 0.5) is 0 Å². The zero-order valence-corrected chi connectivity index (χ0v) is 23.0. The smallest absolute Gasteiger partial charge is 0.220 e. The van der Waals surface area contributed by atoms with E-state index in [4.69, 9.17) is 4.98 Å². The van der Waals surface area contributed by atoms with E-state index in [9.17, 15) is 0 Å². The number of benzene rings is 6. The second-order valence-corrected chi connectivity index (χ2v) is 11.7. The second-order valence-electron chi connectivity index (χ2n) is 11.7. The Labute approximate surface area is 237 Å². The van der Waals surface area contributed by atoms with Gasteiger partial charge in [0.15, 0.2) is 0 Å². The van der Waals surface area contributed by atoms with Gasteiger partial charge in [0.1, 0.15) is 0 Å². The molecule has 0 fully saturated rings. The van der Waals surface area contributed by atoms with Crippen molar-refractivity contribution in [3.05, 3.63) is 139 Å². The number of hydrogen-bond donors (Lipinski definition) is 0. The Kier molecular flexibility index (Phi) is 4.39. The molecule has 9 rings (SSSR count). The van der Waals surface area contributed by atoms with Crippen molar-refractivity contribution in [2.45, 2.75) is 19.3 Å². The van der Waals surface area contributed by atoms with Gasteiger partial charge in [0.05, 0.1) is 22.1 Å². The minimum atomic E-state index is -0.0242. The predicted octanol–water partition coefficient (Wildman–Crippen LogP) is 9.58. The highest BCUT2D eigenvalue weighted by atomic mass is 15.2. The molecular weight excluding hydrogens is 498 g/mol. The first-order chi connectivity index (χ1) is 20.1. The molecule has 194 valence electrons. The maximum Gasteiger partial charge on any atom is 0.220 e. The van der Waals surface area contributed by atoms with Crippen LogP contribution in [0.25, 0.3) is 66.4 Å². The first kappa shape index (κ1) is 22.6. The van der Waals surface area contributed by atoms with E-state index in [2.05, 4.69) is 150 Å². The van der Waals surface area contributed by atoms with E-state index < -0.39 is 0 Å². The molecule has 3 heteroatoms. The summed E-state index contributed by atoms with van der Waals surface area (Å²) in [6, 6.07) is 46.1. The van der Waals surface area contributed by atoms with Crippen LogP contribution < -0.4 is 0 Å². The quantitative estimate of drug-likeness (QED) is 0.220. The molecule has 0 radical (unpaired) electrons. The molecule has 2 heterocycles. The van der Waals surface area contributed by atoms with Crippen LogP contribution in [0.15, 0.2) is 127 Å². The Bertz CT molecular complexity index is 2330. The van der Waals surface area contributed by atoms with Crippen LogP contribution in [0.1, 0.15) is 25.0 Å². The van der Waals surface area contributed by atoms with Crippen LogP contribution in [0, 0.1) is 0 Å². The monoisotopic (exact) mass is 525 g/mol. The van der Waals surface area contributed by atoms with Gasteiger partial charge < -0.3 is 0 Å². The third kappa shape index (κ3) is 2.95. The van der Waals surface area contributed by atoms with E-state index in [0.717, 1.165) is 33.7 Å². The molecule has 41 heavy (non-hydrogen) atoms. The molecule has 0 spiro atoms. The van der Waals surface area contributed by atoms with Gasteiger partial charge in [-0.2, -0.15) is 0 Å². The van der Waals surface area contributed by atoms with Crippen LogP contribution in [0.2, 0.25) is 0 Å². The molecule has 1 aliphatic carbocycles. The molecule has 0 saturated carbocycles. The Balaban J connectivity index is 1.43. The topological polar surface area (TPSA) is 22.8 Å². The second kappa shape index (κ2) is 7.96. The lowest BCUT2D eigenvalue weighted by molar-refractivity contribution is 0.661.